The lowest BCUT2D eigenvalue weighted by atomic mass is 10.2. The van der Waals surface area contributed by atoms with E-state index in [1.165, 1.54) is 12.1 Å². The Balaban J connectivity index is 1.79. The maximum Gasteiger partial charge on any atom is 0.251 e. The molecule has 0 saturated carbocycles. The third-order valence-electron chi connectivity index (χ3n) is 2.97. The van der Waals surface area contributed by atoms with Crippen LogP contribution in [0.4, 0.5) is 0 Å². The van der Waals surface area contributed by atoms with Gasteiger partial charge in [-0.2, -0.15) is 0 Å². The zero-order valence-corrected chi connectivity index (χ0v) is 13.6. The highest BCUT2D eigenvalue weighted by Gasteiger charge is 2.09. The van der Waals surface area contributed by atoms with E-state index in [0.717, 1.165) is 10.5 Å². The average Bonchev–Trinajstić information content (AvgIpc) is 2.50. The molecule has 0 aliphatic carbocycles. The van der Waals surface area contributed by atoms with Crippen LogP contribution in [0.25, 0.3) is 0 Å². The summed E-state index contributed by atoms with van der Waals surface area (Å²) in [6.45, 7) is 0.475. The van der Waals surface area contributed by atoms with Crippen molar-refractivity contribution in [3.63, 3.8) is 0 Å². The minimum Gasteiger partial charge on any atom is -0.508 e. The van der Waals surface area contributed by atoms with Crippen LogP contribution in [0.3, 0.4) is 0 Å². The van der Waals surface area contributed by atoms with Crippen molar-refractivity contribution >= 4 is 27.7 Å². The van der Waals surface area contributed by atoms with Crippen molar-refractivity contribution in [3.05, 3.63) is 58.1 Å². The summed E-state index contributed by atoms with van der Waals surface area (Å²) in [6, 6.07) is 10.5. The number of carbonyl (C=O) groups is 2. The number of amides is 2. The molecule has 7 heteroatoms. The number of carbonyl (C=O) groups excluding carboxylic acids is 2. The van der Waals surface area contributed by atoms with Gasteiger partial charge in [0.1, 0.15) is 11.5 Å². The number of hydrogen-bond donors (Lipinski definition) is 4. The molecule has 4 N–H and O–H groups in total. The number of benzene rings is 2. The van der Waals surface area contributed by atoms with E-state index in [9.17, 15) is 19.8 Å². The van der Waals surface area contributed by atoms with Crippen molar-refractivity contribution in [1.29, 1.82) is 0 Å². The van der Waals surface area contributed by atoms with E-state index in [2.05, 4.69) is 26.6 Å². The maximum absolute atomic E-state index is 11.9. The molecule has 23 heavy (non-hydrogen) atoms. The Hall–Kier alpha value is -2.54. The smallest absolute Gasteiger partial charge is 0.251 e. The summed E-state index contributed by atoms with van der Waals surface area (Å²) in [5.41, 5.74) is 0.666. The Bertz CT molecular complexity index is 696. The van der Waals surface area contributed by atoms with Crippen LogP contribution in [0.1, 0.15) is 20.7 Å². The molecular weight excluding hydrogens is 364 g/mol. The number of phenols is 2. The molecule has 0 aromatic heterocycles. The van der Waals surface area contributed by atoms with Crippen molar-refractivity contribution in [2.45, 2.75) is 0 Å². The highest BCUT2D eigenvalue weighted by atomic mass is 79.9. The lowest BCUT2D eigenvalue weighted by Gasteiger charge is -2.08. The van der Waals surface area contributed by atoms with Gasteiger partial charge in [0.15, 0.2) is 0 Å². The molecule has 0 spiro atoms. The molecule has 0 bridgehead atoms. The quantitative estimate of drug-likeness (QED) is 0.598. The van der Waals surface area contributed by atoms with Crippen molar-refractivity contribution < 1.29 is 19.8 Å². The molecule has 0 saturated heterocycles. The standard InChI is InChI=1S/C16H15BrN2O4/c17-12-3-1-10(2-4-12)15(22)18-5-6-19-16(23)11-7-13(20)9-14(21)8-11/h1-4,7-9,20-21H,5-6H2,(H,18,22)(H,19,23). The summed E-state index contributed by atoms with van der Waals surface area (Å²) in [7, 11) is 0. The van der Waals surface area contributed by atoms with Crippen LogP contribution in [0, 0.1) is 0 Å². The number of halogens is 1. The monoisotopic (exact) mass is 378 g/mol. The van der Waals surface area contributed by atoms with Gasteiger partial charge in [-0.1, -0.05) is 15.9 Å². The fourth-order valence-corrected chi connectivity index (χ4v) is 2.15. The summed E-state index contributed by atoms with van der Waals surface area (Å²) >= 11 is 3.29. The third-order valence-corrected chi connectivity index (χ3v) is 3.50. The van der Waals surface area contributed by atoms with Crippen molar-refractivity contribution in [2.75, 3.05) is 13.1 Å². The van der Waals surface area contributed by atoms with E-state index < -0.39 is 5.91 Å². The number of hydrogen-bond acceptors (Lipinski definition) is 4. The van der Waals surface area contributed by atoms with Gasteiger partial charge in [-0.3, -0.25) is 9.59 Å². The molecular formula is C16H15BrN2O4. The van der Waals surface area contributed by atoms with Crippen molar-refractivity contribution in [2.24, 2.45) is 0 Å². The van der Waals surface area contributed by atoms with Gasteiger partial charge in [0.2, 0.25) is 0 Å². The Morgan fingerprint density at radius 1 is 0.826 bits per heavy atom. The first-order valence-electron chi connectivity index (χ1n) is 6.80. The highest BCUT2D eigenvalue weighted by Crippen LogP contribution is 2.20. The van der Waals surface area contributed by atoms with Gasteiger partial charge in [0, 0.05) is 34.8 Å². The van der Waals surface area contributed by atoms with E-state index in [1.54, 1.807) is 24.3 Å². The summed E-state index contributed by atoms with van der Waals surface area (Å²) < 4.78 is 0.885. The number of rotatable bonds is 5. The fraction of sp³-hybridized carbons (Fsp3) is 0.125. The Morgan fingerprint density at radius 2 is 1.30 bits per heavy atom. The third kappa shape index (κ3) is 5.00. The zero-order valence-electron chi connectivity index (χ0n) is 12.0. The van der Waals surface area contributed by atoms with Gasteiger partial charge in [0.05, 0.1) is 0 Å². The molecule has 0 atom stereocenters. The van der Waals surface area contributed by atoms with Crippen LogP contribution in [-0.4, -0.2) is 35.1 Å². The summed E-state index contributed by atoms with van der Waals surface area (Å²) in [5.74, 6) is -1.08. The molecule has 0 aliphatic heterocycles. The van der Waals surface area contributed by atoms with Crippen LogP contribution in [0.5, 0.6) is 11.5 Å². The predicted octanol–water partition coefficient (Wildman–Crippen LogP) is 2.02. The second-order valence-corrected chi connectivity index (χ2v) is 5.67. The van der Waals surface area contributed by atoms with Gasteiger partial charge in [-0.15, -0.1) is 0 Å². The first kappa shape index (κ1) is 16.8. The van der Waals surface area contributed by atoms with Gasteiger partial charge in [-0.25, -0.2) is 0 Å². The lowest BCUT2D eigenvalue weighted by molar-refractivity contribution is 0.0927. The number of nitrogens with one attached hydrogen (secondary N) is 2. The van der Waals surface area contributed by atoms with Crippen LogP contribution < -0.4 is 10.6 Å². The van der Waals surface area contributed by atoms with Gasteiger partial charge in [-0.05, 0) is 36.4 Å². The maximum atomic E-state index is 11.9. The van der Waals surface area contributed by atoms with Crippen LogP contribution in [0.2, 0.25) is 0 Å². The first-order chi connectivity index (χ1) is 11.0. The van der Waals surface area contributed by atoms with E-state index in [4.69, 9.17) is 0 Å². The summed E-state index contributed by atoms with van der Waals surface area (Å²) in [4.78, 5) is 23.7. The lowest BCUT2D eigenvalue weighted by Crippen LogP contribution is -2.34. The largest absolute Gasteiger partial charge is 0.508 e. The van der Waals surface area contributed by atoms with Crippen LogP contribution in [0.15, 0.2) is 46.9 Å². The molecule has 0 aliphatic rings. The second-order valence-electron chi connectivity index (χ2n) is 4.76. The zero-order chi connectivity index (χ0) is 16.8. The van der Waals surface area contributed by atoms with Crippen molar-refractivity contribution in [3.8, 4) is 11.5 Å². The molecule has 0 radical (unpaired) electrons. The fourth-order valence-electron chi connectivity index (χ4n) is 1.88. The highest BCUT2D eigenvalue weighted by molar-refractivity contribution is 9.10. The van der Waals surface area contributed by atoms with E-state index in [-0.39, 0.29) is 36.1 Å². The normalized spacial score (nSPS) is 10.1. The summed E-state index contributed by atoms with van der Waals surface area (Å²) in [6.07, 6.45) is 0. The molecule has 2 aromatic carbocycles. The van der Waals surface area contributed by atoms with E-state index in [1.807, 2.05) is 0 Å². The average molecular weight is 379 g/mol. The van der Waals surface area contributed by atoms with Crippen LogP contribution >= 0.6 is 15.9 Å². The molecule has 0 unspecified atom stereocenters. The second kappa shape index (κ2) is 7.64. The molecule has 2 amide bonds. The molecule has 0 heterocycles. The Morgan fingerprint density at radius 3 is 1.83 bits per heavy atom. The topological polar surface area (TPSA) is 98.7 Å². The Kier molecular flexibility index (Phi) is 5.59. The van der Waals surface area contributed by atoms with Crippen LogP contribution in [-0.2, 0) is 0 Å². The van der Waals surface area contributed by atoms with Gasteiger partial charge >= 0.3 is 0 Å². The minimum atomic E-state index is -0.450. The van der Waals surface area contributed by atoms with Gasteiger partial charge < -0.3 is 20.8 Å². The molecule has 6 nitrogen and oxygen atoms in total. The predicted molar refractivity (Wildman–Crippen MR) is 88.6 cm³/mol. The minimum absolute atomic E-state index is 0.140. The van der Waals surface area contributed by atoms with E-state index >= 15 is 0 Å². The summed E-state index contributed by atoms with van der Waals surface area (Å²) in [5, 5.41) is 23.9. The Labute approximate surface area is 141 Å². The number of phenolic OH excluding ortho intramolecular Hbond substituents is 2. The van der Waals surface area contributed by atoms with Crippen molar-refractivity contribution in [1.82, 2.24) is 10.6 Å². The van der Waals surface area contributed by atoms with Gasteiger partial charge in [0.25, 0.3) is 11.8 Å². The molecule has 120 valence electrons. The molecule has 2 rings (SSSR count). The van der Waals surface area contributed by atoms with E-state index in [0.29, 0.717) is 5.56 Å². The molecule has 0 fully saturated rings. The first-order valence-corrected chi connectivity index (χ1v) is 7.60. The number of aromatic hydroxyl groups is 2. The molecule has 2 aromatic rings. The SMILES string of the molecule is O=C(NCCNC(=O)c1cc(O)cc(O)c1)c1ccc(Br)cc1.